The van der Waals surface area contributed by atoms with Gasteiger partial charge in [-0.1, -0.05) is 13.0 Å². The number of aromatic nitrogens is 2. The van der Waals surface area contributed by atoms with Crippen LogP contribution in [-0.4, -0.2) is 33.1 Å². The fourth-order valence-corrected chi connectivity index (χ4v) is 2.99. The number of H-pyrrole nitrogens is 1. The van der Waals surface area contributed by atoms with Gasteiger partial charge in [-0.05, 0) is 36.4 Å². The van der Waals surface area contributed by atoms with Crippen LogP contribution in [0.25, 0.3) is 22.2 Å². The average molecular weight is 345 g/mol. The lowest BCUT2D eigenvalue weighted by atomic mass is 10.1. The van der Waals surface area contributed by atoms with Crippen molar-refractivity contribution in [2.24, 2.45) is 0 Å². The monoisotopic (exact) mass is 345 g/mol. The van der Waals surface area contributed by atoms with Gasteiger partial charge in [-0.15, -0.1) is 0 Å². The molecule has 6 heteroatoms. The van der Waals surface area contributed by atoms with E-state index in [1.807, 2.05) is 12.1 Å². The summed E-state index contributed by atoms with van der Waals surface area (Å²) in [6.45, 7) is 4.39. The fraction of sp³-hybridized carbons (Fsp3) is 0.250. The summed E-state index contributed by atoms with van der Waals surface area (Å²) in [5, 5.41) is 28.9. The molecule has 6 nitrogen and oxygen atoms in total. The van der Waals surface area contributed by atoms with Gasteiger partial charge in [0, 0.05) is 36.6 Å². The number of nitrogens with zero attached hydrogens (tertiary/aromatic N) is 4. The van der Waals surface area contributed by atoms with Gasteiger partial charge in [0.2, 0.25) is 0 Å². The smallest absolute Gasteiger partial charge is 0.199 e. The van der Waals surface area contributed by atoms with E-state index in [2.05, 4.69) is 33.9 Å². The molecule has 2 N–H and O–H groups in total. The Bertz CT molecular complexity index is 992. The van der Waals surface area contributed by atoms with Crippen LogP contribution in [0.4, 0.5) is 0 Å². The third-order valence-electron chi connectivity index (χ3n) is 4.38. The van der Waals surface area contributed by atoms with E-state index in [4.69, 9.17) is 10.5 Å². The maximum atomic E-state index is 10.3. The van der Waals surface area contributed by atoms with E-state index >= 15 is 0 Å². The highest BCUT2D eigenvalue weighted by molar-refractivity contribution is 5.98. The molecule has 0 amide bonds. The second kappa shape index (κ2) is 7.69. The highest BCUT2D eigenvalue weighted by Gasteiger charge is 2.15. The number of aromatic hydroxyl groups is 1. The van der Waals surface area contributed by atoms with Gasteiger partial charge in [0.05, 0.1) is 29.0 Å². The summed E-state index contributed by atoms with van der Waals surface area (Å²) < 4.78 is 0. The van der Waals surface area contributed by atoms with Gasteiger partial charge in [0.1, 0.15) is 0 Å². The molecule has 0 spiro atoms. The number of nitrogens with one attached hydrogen (secondary N) is 1. The van der Waals surface area contributed by atoms with Crippen molar-refractivity contribution in [1.82, 2.24) is 14.9 Å². The van der Waals surface area contributed by atoms with Crippen LogP contribution in [0.2, 0.25) is 0 Å². The van der Waals surface area contributed by atoms with E-state index in [9.17, 15) is 5.11 Å². The summed E-state index contributed by atoms with van der Waals surface area (Å²) in [7, 11) is 0. The van der Waals surface area contributed by atoms with E-state index in [1.54, 1.807) is 24.4 Å². The highest BCUT2D eigenvalue weighted by Crippen LogP contribution is 2.35. The molecule has 0 radical (unpaired) electrons. The Morgan fingerprint density at radius 1 is 1.23 bits per heavy atom. The third-order valence-corrected chi connectivity index (χ3v) is 4.38. The van der Waals surface area contributed by atoms with Crippen molar-refractivity contribution in [3.8, 4) is 29.3 Å². The molecule has 0 aliphatic heterocycles. The lowest BCUT2D eigenvalue weighted by molar-refractivity contribution is 0.286. The average Bonchev–Trinajstić information content (AvgIpc) is 3.00. The van der Waals surface area contributed by atoms with Crippen molar-refractivity contribution in [3.05, 3.63) is 47.7 Å². The summed E-state index contributed by atoms with van der Waals surface area (Å²) in [6, 6.07) is 13.4. The Morgan fingerprint density at radius 2 is 2.08 bits per heavy atom. The number of aromatic amines is 1. The van der Waals surface area contributed by atoms with E-state index in [0.29, 0.717) is 23.2 Å². The number of pyridine rings is 1. The standard InChI is InChI=1S/C20H19N5O/c1-2-25(9-3-8-21)13-15-5-7-18(23-12-15)19-16-10-14(11-22)4-6-17(16)24-20(19)26/h4-7,10,12,24,26H,2-3,9,13H2,1H3. The molecule has 3 rings (SSSR count). The molecule has 3 aromatic rings. The minimum absolute atomic E-state index is 0.0412. The number of hydrogen-bond acceptors (Lipinski definition) is 5. The SMILES string of the molecule is CCN(CCC#N)Cc1ccc(-c2c(O)[nH]c3ccc(C#N)cc23)nc1. The van der Waals surface area contributed by atoms with Gasteiger partial charge in [0.25, 0.3) is 0 Å². The number of rotatable bonds is 6. The van der Waals surface area contributed by atoms with Crippen molar-refractivity contribution in [1.29, 1.82) is 10.5 Å². The Hall–Kier alpha value is -3.35. The van der Waals surface area contributed by atoms with Crippen molar-refractivity contribution in [2.45, 2.75) is 19.9 Å². The first kappa shape index (κ1) is 17.5. The summed E-state index contributed by atoms with van der Waals surface area (Å²) in [5.41, 5.74) is 3.58. The van der Waals surface area contributed by atoms with Crippen LogP contribution in [0, 0.1) is 22.7 Å². The molecule has 0 bridgehead atoms. The first-order valence-electron chi connectivity index (χ1n) is 8.45. The van der Waals surface area contributed by atoms with Gasteiger partial charge in [-0.3, -0.25) is 9.88 Å². The van der Waals surface area contributed by atoms with Crippen LogP contribution in [0.15, 0.2) is 36.5 Å². The minimum Gasteiger partial charge on any atom is -0.494 e. The Kier molecular flexibility index (Phi) is 5.17. The Morgan fingerprint density at radius 3 is 2.73 bits per heavy atom. The molecular formula is C20H19N5O. The largest absolute Gasteiger partial charge is 0.494 e. The van der Waals surface area contributed by atoms with Gasteiger partial charge < -0.3 is 10.1 Å². The molecule has 0 unspecified atom stereocenters. The summed E-state index contributed by atoms with van der Waals surface area (Å²) >= 11 is 0. The molecule has 26 heavy (non-hydrogen) atoms. The van der Waals surface area contributed by atoms with Crippen molar-refractivity contribution in [3.63, 3.8) is 0 Å². The second-order valence-electron chi connectivity index (χ2n) is 6.05. The fourth-order valence-electron chi connectivity index (χ4n) is 2.99. The molecule has 0 saturated carbocycles. The van der Waals surface area contributed by atoms with Crippen LogP contribution >= 0.6 is 0 Å². The molecular weight excluding hydrogens is 326 g/mol. The van der Waals surface area contributed by atoms with E-state index in [-0.39, 0.29) is 5.88 Å². The van der Waals surface area contributed by atoms with Crippen molar-refractivity contribution in [2.75, 3.05) is 13.1 Å². The van der Waals surface area contributed by atoms with Crippen molar-refractivity contribution >= 4 is 10.9 Å². The predicted molar refractivity (Wildman–Crippen MR) is 99.1 cm³/mol. The predicted octanol–water partition coefficient (Wildman–Crippen LogP) is 3.54. The van der Waals surface area contributed by atoms with Crippen LogP contribution in [0.1, 0.15) is 24.5 Å². The molecule has 0 fully saturated rings. The number of nitriles is 2. The van der Waals surface area contributed by atoms with Crippen LogP contribution < -0.4 is 0 Å². The molecule has 2 aromatic heterocycles. The number of benzene rings is 1. The van der Waals surface area contributed by atoms with Gasteiger partial charge in [-0.25, -0.2) is 0 Å². The summed E-state index contributed by atoms with van der Waals surface area (Å²) in [4.78, 5) is 9.61. The molecule has 1 aromatic carbocycles. The molecule has 130 valence electrons. The number of hydrogen-bond donors (Lipinski definition) is 2. The molecule has 0 aliphatic rings. The summed E-state index contributed by atoms with van der Waals surface area (Å²) in [5.74, 6) is 0.0412. The van der Waals surface area contributed by atoms with Gasteiger partial charge in [0.15, 0.2) is 5.88 Å². The van der Waals surface area contributed by atoms with E-state index in [1.165, 1.54) is 0 Å². The number of fused-ring (bicyclic) bond motifs is 1. The molecule has 0 atom stereocenters. The molecule has 2 heterocycles. The van der Waals surface area contributed by atoms with Crippen molar-refractivity contribution < 1.29 is 5.11 Å². The van der Waals surface area contributed by atoms with Crippen LogP contribution in [0.3, 0.4) is 0 Å². The first-order chi connectivity index (χ1) is 12.7. The van der Waals surface area contributed by atoms with Crippen LogP contribution in [-0.2, 0) is 6.54 Å². The summed E-state index contributed by atoms with van der Waals surface area (Å²) in [6.07, 6.45) is 2.29. The van der Waals surface area contributed by atoms with Gasteiger partial charge >= 0.3 is 0 Å². The lowest BCUT2D eigenvalue weighted by Crippen LogP contribution is -2.23. The quantitative estimate of drug-likeness (QED) is 0.712. The third kappa shape index (κ3) is 3.51. The lowest BCUT2D eigenvalue weighted by Gasteiger charge is -2.18. The highest BCUT2D eigenvalue weighted by atomic mass is 16.3. The Balaban J connectivity index is 1.89. The normalized spacial score (nSPS) is 10.8. The second-order valence-corrected chi connectivity index (χ2v) is 6.05. The van der Waals surface area contributed by atoms with Gasteiger partial charge in [-0.2, -0.15) is 10.5 Å². The zero-order valence-electron chi connectivity index (χ0n) is 14.5. The van der Waals surface area contributed by atoms with E-state index in [0.717, 1.165) is 36.1 Å². The van der Waals surface area contributed by atoms with E-state index < -0.39 is 0 Å². The molecule has 0 aliphatic carbocycles. The topological polar surface area (TPSA) is 99.7 Å². The maximum Gasteiger partial charge on any atom is 0.199 e. The molecule has 0 saturated heterocycles. The first-order valence-corrected chi connectivity index (χ1v) is 8.45. The Labute approximate surface area is 151 Å². The maximum absolute atomic E-state index is 10.3. The zero-order valence-corrected chi connectivity index (χ0v) is 14.5. The van der Waals surface area contributed by atoms with Crippen LogP contribution in [0.5, 0.6) is 5.88 Å². The zero-order chi connectivity index (χ0) is 18.5. The minimum atomic E-state index is 0.0412.